The summed E-state index contributed by atoms with van der Waals surface area (Å²) in [5.41, 5.74) is 1.06. The lowest BCUT2D eigenvalue weighted by molar-refractivity contribution is -0.138. The van der Waals surface area contributed by atoms with Crippen molar-refractivity contribution in [3.05, 3.63) is 105 Å². The molecule has 224 valence electrons. The van der Waals surface area contributed by atoms with E-state index in [9.17, 15) is 22.8 Å². The van der Waals surface area contributed by atoms with Gasteiger partial charge in [-0.2, -0.15) is 13.2 Å². The van der Waals surface area contributed by atoms with Crippen LogP contribution in [-0.2, 0) is 12.7 Å². The van der Waals surface area contributed by atoms with Crippen molar-refractivity contribution >= 4 is 46.1 Å². The minimum absolute atomic E-state index is 0.00725. The van der Waals surface area contributed by atoms with E-state index in [1.54, 1.807) is 29.5 Å². The fourth-order valence-corrected chi connectivity index (χ4v) is 5.98. The summed E-state index contributed by atoms with van der Waals surface area (Å²) in [5.74, 6) is -1.05. The first-order valence-corrected chi connectivity index (χ1v) is 15.1. The van der Waals surface area contributed by atoms with Gasteiger partial charge in [0.1, 0.15) is 0 Å². The lowest BCUT2D eigenvalue weighted by Crippen LogP contribution is -2.45. The molecule has 0 radical (unpaired) electrons. The Bertz CT molecular complexity index is 1600. The highest BCUT2D eigenvalue weighted by molar-refractivity contribution is 7.13. The zero-order valence-electron chi connectivity index (χ0n) is 23.4. The average Bonchev–Trinajstić information content (AvgIpc) is 3.53. The van der Waals surface area contributed by atoms with Gasteiger partial charge in [-0.3, -0.25) is 14.5 Å². The Morgan fingerprint density at radius 2 is 1.56 bits per heavy atom. The molecule has 3 aromatic carbocycles. The molecule has 0 atom stereocenters. The maximum absolute atomic E-state index is 14.0. The van der Waals surface area contributed by atoms with Gasteiger partial charge in [0, 0.05) is 65.1 Å². The van der Waals surface area contributed by atoms with Gasteiger partial charge >= 0.3 is 6.18 Å². The first-order chi connectivity index (χ1) is 20.6. The van der Waals surface area contributed by atoms with E-state index in [-0.39, 0.29) is 34.1 Å². The summed E-state index contributed by atoms with van der Waals surface area (Å²) < 4.78 is 42.1. The van der Waals surface area contributed by atoms with E-state index in [1.807, 2.05) is 28.5 Å². The van der Waals surface area contributed by atoms with Gasteiger partial charge in [0.15, 0.2) is 0 Å². The fourth-order valence-electron chi connectivity index (χ4n) is 5.02. The number of carbonyl (C=O) groups is 2. The van der Waals surface area contributed by atoms with Crippen molar-refractivity contribution in [1.29, 1.82) is 0 Å². The molecular weight excluding hydrogens is 597 g/mol. The summed E-state index contributed by atoms with van der Waals surface area (Å²) in [6.07, 6.45) is -4.59. The quantitative estimate of drug-likeness (QED) is 0.210. The van der Waals surface area contributed by atoms with E-state index in [4.69, 9.17) is 11.6 Å². The van der Waals surface area contributed by atoms with Gasteiger partial charge in [-0.05, 0) is 71.6 Å². The highest BCUT2D eigenvalue weighted by Crippen LogP contribution is 2.35. The number of piperazine rings is 1. The SMILES string of the molecule is CCN1CCN(Cc2ccc(NC(=O)c3cc(Cl)cc(NC(=O)c4cccc(-c5cccs5)c4)c3)cc2C(F)(F)F)CC1. The lowest BCUT2D eigenvalue weighted by atomic mass is 10.0. The molecular formula is C32H30ClF3N4O2S. The van der Waals surface area contributed by atoms with Crippen LogP contribution in [0, 0.1) is 0 Å². The van der Waals surface area contributed by atoms with Gasteiger partial charge in [0.25, 0.3) is 11.8 Å². The number of rotatable bonds is 8. The molecule has 1 saturated heterocycles. The van der Waals surface area contributed by atoms with Crippen LogP contribution < -0.4 is 10.6 Å². The number of hydrogen-bond acceptors (Lipinski definition) is 5. The van der Waals surface area contributed by atoms with Crippen molar-refractivity contribution in [3.63, 3.8) is 0 Å². The van der Waals surface area contributed by atoms with Crippen molar-refractivity contribution in [1.82, 2.24) is 9.80 Å². The molecule has 43 heavy (non-hydrogen) atoms. The van der Waals surface area contributed by atoms with E-state index < -0.39 is 23.6 Å². The number of carbonyl (C=O) groups excluding carboxylic acids is 2. The van der Waals surface area contributed by atoms with Gasteiger partial charge in [-0.1, -0.05) is 42.8 Å². The van der Waals surface area contributed by atoms with Crippen LogP contribution in [0.5, 0.6) is 0 Å². The summed E-state index contributed by atoms with van der Waals surface area (Å²) in [6.45, 7) is 6.17. The Morgan fingerprint density at radius 3 is 2.26 bits per heavy atom. The van der Waals surface area contributed by atoms with E-state index >= 15 is 0 Å². The normalized spacial score (nSPS) is 14.4. The number of hydrogen-bond donors (Lipinski definition) is 2. The number of alkyl halides is 3. The van der Waals surface area contributed by atoms with E-state index in [1.165, 1.54) is 30.3 Å². The molecule has 11 heteroatoms. The van der Waals surface area contributed by atoms with E-state index in [0.29, 0.717) is 18.7 Å². The molecule has 2 N–H and O–H groups in total. The third-order valence-corrected chi connectivity index (χ3v) is 8.46. The fraction of sp³-hybridized carbons (Fsp3) is 0.250. The van der Waals surface area contributed by atoms with Gasteiger partial charge in [0.2, 0.25) is 0 Å². The number of thiophene rings is 1. The van der Waals surface area contributed by atoms with Crippen molar-refractivity contribution < 1.29 is 22.8 Å². The standard InChI is InChI=1S/C32H30ClF3N4O2S/c1-2-39-10-12-40(13-11-39)20-23-8-9-26(19-28(23)32(34,35)36)37-31(42)24-16-25(33)18-27(17-24)38-30(41)22-6-3-5-21(15-22)29-7-4-14-43-29/h3-9,14-19H,2,10-13,20H2,1H3,(H,37,42)(H,38,41). The van der Waals surface area contributed by atoms with Crippen LogP contribution in [0.2, 0.25) is 5.02 Å². The zero-order valence-corrected chi connectivity index (χ0v) is 25.0. The molecule has 0 aliphatic carbocycles. The monoisotopic (exact) mass is 626 g/mol. The van der Waals surface area contributed by atoms with Crippen LogP contribution in [0.1, 0.15) is 38.8 Å². The maximum atomic E-state index is 14.0. The molecule has 2 amide bonds. The molecule has 6 nitrogen and oxygen atoms in total. The Kier molecular flexibility index (Phi) is 9.51. The Morgan fingerprint density at radius 1 is 0.837 bits per heavy atom. The number of anilines is 2. The first-order valence-electron chi connectivity index (χ1n) is 13.8. The van der Waals surface area contributed by atoms with Gasteiger partial charge in [-0.15, -0.1) is 11.3 Å². The molecule has 2 heterocycles. The van der Waals surface area contributed by atoms with Crippen LogP contribution in [-0.4, -0.2) is 54.3 Å². The molecule has 0 saturated carbocycles. The third kappa shape index (κ3) is 7.83. The Labute approximate surface area is 257 Å². The smallest absolute Gasteiger partial charge is 0.322 e. The number of nitrogens with zero attached hydrogens (tertiary/aromatic N) is 2. The lowest BCUT2D eigenvalue weighted by Gasteiger charge is -2.34. The summed E-state index contributed by atoms with van der Waals surface area (Å²) in [4.78, 5) is 31.4. The Balaban J connectivity index is 1.29. The number of nitrogens with one attached hydrogen (secondary N) is 2. The van der Waals surface area contributed by atoms with Crippen LogP contribution in [0.15, 0.2) is 78.2 Å². The molecule has 5 rings (SSSR count). The summed E-state index contributed by atoms with van der Waals surface area (Å²) in [5, 5.41) is 7.44. The maximum Gasteiger partial charge on any atom is 0.416 e. The molecule has 1 fully saturated rings. The summed E-state index contributed by atoms with van der Waals surface area (Å²) in [6, 6.07) is 19.2. The molecule has 1 aliphatic rings. The van der Waals surface area contributed by atoms with Crippen molar-refractivity contribution in [2.45, 2.75) is 19.6 Å². The third-order valence-electron chi connectivity index (χ3n) is 7.33. The largest absolute Gasteiger partial charge is 0.416 e. The summed E-state index contributed by atoms with van der Waals surface area (Å²) >= 11 is 7.81. The minimum atomic E-state index is -4.59. The second kappa shape index (κ2) is 13.3. The van der Waals surface area contributed by atoms with Crippen LogP contribution in [0.3, 0.4) is 0 Å². The highest BCUT2D eigenvalue weighted by atomic mass is 35.5. The number of benzene rings is 3. The predicted molar refractivity (Wildman–Crippen MR) is 166 cm³/mol. The average molecular weight is 627 g/mol. The van der Waals surface area contributed by atoms with Gasteiger partial charge < -0.3 is 15.5 Å². The topological polar surface area (TPSA) is 64.7 Å². The number of amides is 2. The minimum Gasteiger partial charge on any atom is -0.322 e. The van der Waals surface area contributed by atoms with Crippen LogP contribution in [0.4, 0.5) is 24.5 Å². The molecule has 1 aromatic heterocycles. The van der Waals surface area contributed by atoms with Crippen LogP contribution in [0.25, 0.3) is 10.4 Å². The van der Waals surface area contributed by atoms with Crippen molar-refractivity contribution in [3.8, 4) is 10.4 Å². The van der Waals surface area contributed by atoms with Crippen molar-refractivity contribution in [2.75, 3.05) is 43.4 Å². The molecule has 4 aromatic rings. The molecule has 0 unspecified atom stereocenters. The van der Waals surface area contributed by atoms with Gasteiger partial charge in [-0.25, -0.2) is 0 Å². The zero-order chi connectivity index (χ0) is 30.6. The predicted octanol–water partition coefficient (Wildman–Crippen LogP) is 7.73. The second-order valence-electron chi connectivity index (χ2n) is 10.3. The molecule has 0 bridgehead atoms. The summed E-state index contributed by atoms with van der Waals surface area (Å²) in [7, 11) is 0. The van der Waals surface area contributed by atoms with E-state index in [2.05, 4.69) is 22.5 Å². The van der Waals surface area contributed by atoms with E-state index in [0.717, 1.165) is 36.1 Å². The van der Waals surface area contributed by atoms with Crippen molar-refractivity contribution in [2.24, 2.45) is 0 Å². The first kappa shape index (κ1) is 30.7. The Hall–Kier alpha value is -3.70. The van der Waals surface area contributed by atoms with Crippen LogP contribution >= 0.6 is 22.9 Å². The van der Waals surface area contributed by atoms with Gasteiger partial charge in [0.05, 0.1) is 5.56 Å². The molecule has 1 aliphatic heterocycles. The highest BCUT2D eigenvalue weighted by Gasteiger charge is 2.34. The second-order valence-corrected chi connectivity index (χ2v) is 11.7. The molecule has 0 spiro atoms. The number of likely N-dealkylation sites (N-methyl/N-ethyl adjacent to an activating group) is 1. The number of halogens is 4.